The predicted octanol–water partition coefficient (Wildman–Crippen LogP) is 3.18. The zero-order valence-corrected chi connectivity index (χ0v) is 14.4. The van der Waals surface area contributed by atoms with Gasteiger partial charge < -0.3 is 9.88 Å². The molecule has 122 valence electrons. The lowest BCUT2D eigenvalue weighted by Crippen LogP contribution is -2.23. The first-order valence-electron chi connectivity index (χ1n) is 7.36. The zero-order chi connectivity index (χ0) is 17.0. The molecular weight excluding hydrogens is 312 g/mol. The van der Waals surface area contributed by atoms with Gasteiger partial charge in [0.1, 0.15) is 6.33 Å². The number of thioether (sulfide) groups is 1. The third-order valence-electron chi connectivity index (χ3n) is 3.31. The number of nitrogens with zero attached hydrogens (tertiary/aromatic N) is 3. The van der Waals surface area contributed by atoms with Crippen LogP contribution >= 0.6 is 11.8 Å². The fourth-order valence-corrected chi connectivity index (χ4v) is 2.87. The number of benzene rings is 1. The Hall–Kier alpha value is -2.15. The molecule has 0 aliphatic carbocycles. The van der Waals surface area contributed by atoms with E-state index in [0.717, 1.165) is 5.16 Å². The van der Waals surface area contributed by atoms with Gasteiger partial charge in [0.25, 0.3) is 0 Å². The molecule has 1 amide bonds. The van der Waals surface area contributed by atoms with E-state index >= 15 is 0 Å². The van der Waals surface area contributed by atoms with E-state index in [9.17, 15) is 9.59 Å². The van der Waals surface area contributed by atoms with Crippen molar-refractivity contribution >= 4 is 29.1 Å². The largest absolute Gasteiger partial charge is 0.325 e. The van der Waals surface area contributed by atoms with Crippen molar-refractivity contribution in [2.24, 2.45) is 0 Å². The van der Waals surface area contributed by atoms with Crippen LogP contribution in [0.2, 0.25) is 0 Å². The first-order chi connectivity index (χ1) is 10.9. The molecule has 2 aromatic rings. The number of carbonyl (C=O) groups excluding carboxylic acids is 2. The quantitative estimate of drug-likeness (QED) is 0.649. The van der Waals surface area contributed by atoms with Crippen LogP contribution in [-0.4, -0.2) is 31.7 Å². The average molecular weight is 332 g/mol. The molecule has 0 aliphatic rings. The zero-order valence-electron chi connectivity index (χ0n) is 13.6. The van der Waals surface area contributed by atoms with Gasteiger partial charge in [-0.15, -0.1) is 10.2 Å². The normalized spacial score (nSPS) is 12.2. The average Bonchev–Trinajstić information content (AvgIpc) is 2.96. The Labute approximate surface area is 139 Å². The fraction of sp³-hybridized carbons (Fsp3) is 0.375. The van der Waals surface area contributed by atoms with Crippen LogP contribution in [-0.2, 0) is 4.79 Å². The molecule has 0 spiro atoms. The van der Waals surface area contributed by atoms with Crippen LogP contribution in [0.4, 0.5) is 5.69 Å². The van der Waals surface area contributed by atoms with Crippen LogP contribution in [0.15, 0.2) is 35.7 Å². The van der Waals surface area contributed by atoms with Crippen molar-refractivity contribution < 1.29 is 9.59 Å². The standard InChI is InChI=1S/C16H20N4O2S/c1-10(2)20-9-17-19-16(20)23-12(4)15(22)18-14-7-5-13(6-8-14)11(3)21/h5-10,12H,1-4H3,(H,18,22)/t12-/m0/s1. The second-order valence-electron chi connectivity index (χ2n) is 5.50. The van der Waals surface area contributed by atoms with E-state index in [0.29, 0.717) is 11.3 Å². The number of carbonyl (C=O) groups is 2. The summed E-state index contributed by atoms with van der Waals surface area (Å²) in [4.78, 5) is 23.5. The van der Waals surface area contributed by atoms with E-state index in [4.69, 9.17) is 0 Å². The van der Waals surface area contributed by atoms with Crippen molar-refractivity contribution in [3.8, 4) is 0 Å². The molecule has 6 nitrogen and oxygen atoms in total. The van der Waals surface area contributed by atoms with Crippen LogP contribution in [0.3, 0.4) is 0 Å². The number of aromatic nitrogens is 3. The number of rotatable bonds is 6. The maximum absolute atomic E-state index is 12.3. The molecule has 1 N–H and O–H groups in total. The van der Waals surface area contributed by atoms with E-state index in [1.165, 1.54) is 18.7 Å². The number of Topliss-reactive ketones (excluding diaryl/α,β-unsaturated/α-hetero) is 1. The Morgan fingerprint density at radius 3 is 2.39 bits per heavy atom. The summed E-state index contributed by atoms with van der Waals surface area (Å²) >= 11 is 1.36. The molecule has 0 radical (unpaired) electrons. The molecule has 1 aromatic carbocycles. The minimum atomic E-state index is -0.316. The Morgan fingerprint density at radius 1 is 1.17 bits per heavy atom. The third-order valence-corrected chi connectivity index (χ3v) is 4.38. The number of anilines is 1. The maximum Gasteiger partial charge on any atom is 0.237 e. The van der Waals surface area contributed by atoms with Gasteiger partial charge in [-0.25, -0.2) is 0 Å². The molecule has 0 fully saturated rings. The summed E-state index contributed by atoms with van der Waals surface area (Å²) in [5.74, 6) is -0.122. The van der Waals surface area contributed by atoms with Gasteiger partial charge in [-0.3, -0.25) is 9.59 Å². The van der Waals surface area contributed by atoms with Gasteiger partial charge in [0.15, 0.2) is 10.9 Å². The van der Waals surface area contributed by atoms with Gasteiger partial charge in [0, 0.05) is 17.3 Å². The summed E-state index contributed by atoms with van der Waals surface area (Å²) in [6, 6.07) is 7.09. The number of amides is 1. The molecule has 7 heteroatoms. The molecule has 23 heavy (non-hydrogen) atoms. The van der Waals surface area contributed by atoms with Crippen molar-refractivity contribution in [2.45, 2.75) is 44.1 Å². The van der Waals surface area contributed by atoms with Gasteiger partial charge in [-0.05, 0) is 52.0 Å². The molecule has 1 aromatic heterocycles. The van der Waals surface area contributed by atoms with Gasteiger partial charge in [0.05, 0.1) is 5.25 Å². The molecule has 2 rings (SSSR count). The van der Waals surface area contributed by atoms with Crippen LogP contribution in [0, 0.1) is 0 Å². The second kappa shape index (κ2) is 7.41. The fourth-order valence-electron chi connectivity index (χ4n) is 1.91. The Balaban J connectivity index is 1.99. The van der Waals surface area contributed by atoms with Gasteiger partial charge >= 0.3 is 0 Å². The predicted molar refractivity (Wildman–Crippen MR) is 90.8 cm³/mol. The third kappa shape index (κ3) is 4.41. The maximum atomic E-state index is 12.3. The van der Waals surface area contributed by atoms with E-state index in [-0.39, 0.29) is 23.0 Å². The second-order valence-corrected chi connectivity index (χ2v) is 6.81. The molecular formula is C16H20N4O2S. The summed E-state index contributed by atoms with van der Waals surface area (Å²) in [5, 5.41) is 11.2. The topological polar surface area (TPSA) is 76.9 Å². The first-order valence-corrected chi connectivity index (χ1v) is 8.24. The highest BCUT2D eigenvalue weighted by atomic mass is 32.2. The highest BCUT2D eigenvalue weighted by Crippen LogP contribution is 2.24. The monoisotopic (exact) mass is 332 g/mol. The van der Waals surface area contributed by atoms with E-state index in [1.807, 2.05) is 25.3 Å². The lowest BCUT2D eigenvalue weighted by atomic mass is 10.1. The van der Waals surface area contributed by atoms with Crippen molar-refractivity contribution in [3.05, 3.63) is 36.2 Å². The molecule has 0 unspecified atom stereocenters. The number of nitrogens with one attached hydrogen (secondary N) is 1. The Morgan fingerprint density at radius 2 is 1.83 bits per heavy atom. The van der Waals surface area contributed by atoms with Crippen molar-refractivity contribution in [1.82, 2.24) is 14.8 Å². The van der Waals surface area contributed by atoms with Crippen LogP contribution in [0.1, 0.15) is 44.1 Å². The van der Waals surface area contributed by atoms with Gasteiger partial charge in [0.2, 0.25) is 5.91 Å². The van der Waals surface area contributed by atoms with E-state index < -0.39 is 0 Å². The van der Waals surface area contributed by atoms with Crippen LogP contribution in [0.5, 0.6) is 0 Å². The lowest BCUT2D eigenvalue weighted by molar-refractivity contribution is -0.115. The van der Waals surface area contributed by atoms with Crippen molar-refractivity contribution in [1.29, 1.82) is 0 Å². The van der Waals surface area contributed by atoms with Crippen LogP contribution in [0.25, 0.3) is 0 Å². The number of hydrogen-bond donors (Lipinski definition) is 1. The van der Waals surface area contributed by atoms with E-state index in [2.05, 4.69) is 15.5 Å². The first kappa shape index (κ1) is 17.2. The molecule has 1 heterocycles. The SMILES string of the molecule is CC(=O)c1ccc(NC(=O)[C@H](C)Sc2nncn2C(C)C)cc1. The van der Waals surface area contributed by atoms with Crippen molar-refractivity contribution in [3.63, 3.8) is 0 Å². The highest BCUT2D eigenvalue weighted by Gasteiger charge is 2.18. The molecule has 0 saturated carbocycles. The summed E-state index contributed by atoms with van der Waals surface area (Å²) < 4.78 is 1.93. The van der Waals surface area contributed by atoms with Crippen LogP contribution < -0.4 is 5.32 Å². The van der Waals surface area contributed by atoms with Gasteiger partial charge in [-0.1, -0.05) is 11.8 Å². The minimum Gasteiger partial charge on any atom is -0.325 e. The number of hydrogen-bond acceptors (Lipinski definition) is 5. The molecule has 0 saturated heterocycles. The molecule has 0 aliphatic heterocycles. The summed E-state index contributed by atoms with van der Waals surface area (Å²) in [6.45, 7) is 7.41. The van der Waals surface area contributed by atoms with Crippen molar-refractivity contribution in [2.75, 3.05) is 5.32 Å². The highest BCUT2D eigenvalue weighted by molar-refractivity contribution is 8.00. The lowest BCUT2D eigenvalue weighted by Gasteiger charge is -2.14. The van der Waals surface area contributed by atoms with E-state index in [1.54, 1.807) is 30.6 Å². The molecule has 1 atom stereocenters. The molecule has 0 bridgehead atoms. The smallest absolute Gasteiger partial charge is 0.237 e. The summed E-state index contributed by atoms with van der Waals surface area (Å²) in [5.41, 5.74) is 1.29. The summed E-state index contributed by atoms with van der Waals surface area (Å²) in [6.07, 6.45) is 1.66. The Bertz CT molecular complexity index is 694. The minimum absolute atomic E-state index is 0.000165. The summed E-state index contributed by atoms with van der Waals surface area (Å²) in [7, 11) is 0. The number of ketones is 1. The van der Waals surface area contributed by atoms with Gasteiger partial charge in [-0.2, -0.15) is 0 Å². The Kier molecular flexibility index (Phi) is 5.54.